The predicted molar refractivity (Wildman–Crippen MR) is 141 cm³/mol. The van der Waals surface area contributed by atoms with E-state index in [-0.39, 0.29) is 30.2 Å². The molecule has 0 radical (unpaired) electrons. The maximum atomic E-state index is 13.1. The average Bonchev–Trinajstić information content (AvgIpc) is 3.67. The molecule has 1 fully saturated rings. The van der Waals surface area contributed by atoms with Crippen LogP contribution in [0.4, 0.5) is 10.5 Å². The number of methoxy groups -OCH3 is 1. The number of phenolic OH excluding ortho intramolecular Hbond substituents is 1. The van der Waals surface area contributed by atoms with E-state index in [1.165, 1.54) is 17.9 Å². The molecule has 2 amide bonds. The second-order valence-corrected chi connectivity index (χ2v) is 9.18. The lowest BCUT2D eigenvalue weighted by Gasteiger charge is -2.11. The summed E-state index contributed by atoms with van der Waals surface area (Å²) >= 11 is 6.22. The Balaban J connectivity index is 1.40. The first kappa shape index (κ1) is 24.4. The zero-order valence-electron chi connectivity index (χ0n) is 20.1. The number of nitrogens with zero attached hydrogens (tertiary/aromatic N) is 2. The molecule has 1 saturated carbocycles. The Morgan fingerprint density at radius 3 is 2.59 bits per heavy atom. The van der Waals surface area contributed by atoms with Crippen LogP contribution < -0.4 is 15.4 Å². The lowest BCUT2D eigenvalue weighted by Crippen LogP contribution is -2.30. The van der Waals surface area contributed by atoms with Gasteiger partial charge in [-0.3, -0.25) is 4.79 Å². The summed E-state index contributed by atoms with van der Waals surface area (Å²) in [6, 6.07) is 20.4. The van der Waals surface area contributed by atoms with Crippen LogP contribution in [0.5, 0.6) is 11.5 Å². The van der Waals surface area contributed by atoms with E-state index in [2.05, 4.69) is 15.7 Å². The normalized spacial score (nSPS) is 12.7. The van der Waals surface area contributed by atoms with Crippen LogP contribution in [-0.4, -0.2) is 33.9 Å². The number of rotatable bonds is 7. The van der Waals surface area contributed by atoms with Gasteiger partial charge < -0.3 is 20.5 Å². The molecule has 0 saturated heterocycles. The summed E-state index contributed by atoms with van der Waals surface area (Å²) in [6.07, 6.45) is 1.92. The van der Waals surface area contributed by atoms with E-state index < -0.39 is 0 Å². The van der Waals surface area contributed by atoms with Gasteiger partial charge >= 0.3 is 6.03 Å². The number of hydrogen-bond donors (Lipinski definition) is 3. The molecular weight excluding hydrogens is 492 g/mol. The predicted octanol–water partition coefficient (Wildman–Crippen LogP) is 5.81. The van der Waals surface area contributed by atoms with E-state index in [1.54, 1.807) is 42.5 Å². The highest BCUT2D eigenvalue weighted by atomic mass is 35.5. The SMILES string of the molecule is COc1ccccc1C(=O)Nc1ccc(O)c(-c2cc(C3CC3)n(C(=O)NCc3ccccc3Cl)n2)c1. The first-order valence-electron chi connectivity index (χ1n) is 11.8. The van der Waals surface area contributed by atoms with Crippen molar-refractivity contribution >= 4 is 29.2 Å². The third-order valence-corrected chi connectivity index (χ3v) is 6.56. The maximum Gasteiger partial charge on any atom is 0.342 e. The number of aromatic hydroxyl groups is 1. The zero-order chi connectivity index (χ0) is 25.9. The molecule has 1 aliphatic carbocycles. The lowest BCUT2D eigenvalue weighted by molar-refractivity contribution is 0.102. The largest absolute Gasteiger partial charge is 0.507 e. The number of halogens is 1. The van der Waals surface area contributed by atoms with Crippen LogP contribution in [0, 0.1) is 0 Å². The highest BCUT2D eigenvalue weighted by molar-refractivity contribution is 6.31. The number of anilines is 1. The van der Waals surface area contributed by atoms with Gasteiger partial charge in [-0.2, -0.15) is 9.78 Å². The van der Waals surface area contributed by atoms with Crippen molar-refractivity contribution in [1.82, 2.24) is 15.1 Å². The molecule has 1 aromatic heterocycles. The number of phenols is 1. The molecule has 1 heterocycles. The van der Waals surface area contributed by atoms with Gasteiger partial charge in [-0.25, -0.2) is 4.79 Å². The van der Waals surface area contributed by atoms with Crippen molar-refractivity contribution in [1.29, 1.82) is 0 Å². The topological polar surface area (TPSA) is 105 Å². The van der Waals surface area contributed by atoms with E-state index in [0.29, 0.717) is 33.3 Å². The number of amides is 2. The minimum absolute atomic E-state index is 0.0150. The summed E-state index contributed by atoms with van der Waals surface area (Å²) in [4.78, 5) is 25.9. The minimum atomic E-state index is -0.381. The van der Waals surface area contributed by atoms with Gasteiger partial charge in [0, 0.05) is 28.7 Å². The molecule has 37 heavy (non-hydrogen) atoms. The van der Waals surface area contributed by atoms with Crippen LogP contribution in [0.1, 0.15) is 40.4 Å². The van der Waals surface area contributed by atoms with Crippen molar-refractivity contribution in [3.05, 3.63) is 94.6 Å². The van der Waals surface area contributed by atoms with Crippen LogP contribution in [0.25, 0.3) is 11.3 Å². The number of ether oxygens (including phenoxy) is 1. The summed E-state index contributed by atoms with van der Waals surface area (Å²) in [7, 11) is 1.50. The summed E-state index contributed by atoms with van der Waals surface area (Å²) in [5, 5.41) is 21.4. The lowest BCUT2D eigenvalue weighted by atomic mass is 10.1. The molecule has 0 spiro atoms. The number of benzene rings is 3. The number of para-hydroxylation sites is 1. The number of carbonyl (C=O) groups is 2. The molecule has 188 valence electrons. The first-order valence-corrected chi connectivity index (χ1v) is 12.2. The summed E-state index contributed by atoms with van der Waals surface area (Å²) in [5.74, 6) is 0.313. The Morgan fingerprint density at radius 1 is 1.08 bits per heavy atom. The maximum absolute atomic E-state index is 13.1. The minimum Gasteiger partial charge on any atom is -0.507 e. The second kappa shape index (κ2) is 10.4. The van der Waals surface area contributed by atoms with Gasteiger partial charge in [-0.05, 0) is 60.9 Å². The molecule has 3 N–H and O–H groups in total. The van der Waals surface area contributed by atoms with Crippen LogP contribution in [-0.2, 0) is 6.54 Å². The fourth-order valence-corrected chi connectivity index (χ4v) is 4.30. The Kier molecular flexibility index (Phi) is 6.83. The summed E-state index contributed by atoms with van der Waals surface area (Å²) < 4.78 is 6.63. The Morgan fingerprint density at radius 2 is 1.84 bits per heavy atom. The van der Waals surface area contributed by atoms with Gasteiger partial charge in [0.1, 0.15) is 11.5 Å². The van der Waals surface area contributed by atoms with E-state index in [4.69, 9.17) is 16.3 Å². The van der Waals surface area contributed by atoms with E-state index in [9.17, 15) is 14.7 Å². The Labute approximate surface area is 218 Å². The molecule has 8 nitrogen and oxygen atoms in total. The van der Waals surface area contributed by atoms with Gasteiger partial charge in [0.2, 0.25) is 0 Å². The number of hydrogen-bond acceptors (Lipinski definition) is 5. The molecule has 0 bridgehead atoms. The summed E-state index contributed by atoms with van der Waals surface area (Å²) in [6.45, 7) is 0.257. The Bertz CT molecular complexity index is 1480. The molecule has 0 unspecified atom stereocenters. The molecular formula is C28H25ClN4O4. The van der Waals surface area contributed by atoms with Gasteiger partial charge in [-0.1, -0.05) is 41.9 Å². The Hall–Kier alpha value is -4.30. The zero-order valence-corrected chi connectivity index (χ0v) is 20.8. The van der Waals surface area contributed by atoms with Crippen molar-refractivity contribution in [2.75, 3.05) is 12.4 Å². The molecule has 0 aliphatic heterocycles. The smallest absolute Gasteiger partial charge is 0.342 e. The summed E-state index contributed by atoms with van der Waals surface area (Å²) in [5.41, 5.74) is 3.26. The number of nitrogens with one attached hydrogen (secondary N) is 2. The van der Waals surface area contributed by atoms with Crippen LogP contribution in [0.2, 0.25) is 5.02 Å². The molecule has 3 aromatic carbocycles. The van der Waals surface area contributed by atoms with Crippen molar-refractivity contribution in [3.63, 3.8) is 0 Å². The van der Waals surface area contributed by atoms with Crippen molar-refractivity contribution in [2.45, 2.75) is 25.3 Å². The van der Waals surface area contributed by atoms with E-state index in [0.717, 1.165) is 24.1 Å². The molecule has 9 heteroatoms. The fraction of sp³-hybridized carbons (Fsp3) is 0.179. The van der Waals surface area contributed by atoms with Gasteiger partial charge in [0.15, 0.2) is 0 Å². The van der Waals surface area contributed by atoms with Crippen molar-refractivity contribution in [3.8, 4) is 22.8 Å². The van der Waals surface area contributed by atoms with Gasteiger partial charge in [0.05, 0.1) is 24.1 Å². The highest BCUT2D eigenvalue weighted by Gasteiger charge is 2.31. The first-order chi connectivity index (χ1) is 17.9. The van der Waals surface area contributed by atoms with Gasteiger partial charge in [0.25, 0.3) is 5.91 Å². The second-order valence-electron chi connectivity index (χ2n) is 8.78. The van der Waals surface area contributed by atoms with Crippen molar-refractivity contribution < 1.29 is 19.4 Å². The molecule has 1 aliphatic rings. The van der Waals surface area contributed by atoms with Crippen LogP contribution in [0.3, 0.4) is 0 Å². The van der Waals surface area contributed by atoms with Crippen LogP contribution >= 0.6 is 11.6 Å². The fourth-order valence-electron chi connectivity index (χ4n) is 4.10. The molecule has 4 aromatic rings. The van der Waals surface area contributed by atoms with Crippen LogP contribution in [0.15, 0.2) is 72.8 Å². The standard InChI is InChI=1S/C28H25ClN4O4/c1-37-26-9-5-3-7-20(26)27(35)31-19-12-13-25(34)21(14-19)23-15-24(17-10-11-17)33(32-23)28(36)30-16-18-6-2-4-8-22(18)29/h2-9,12-15,17,34H,10-11,16H2,1H3,(H,30,36)(H,31,35). The van der Waals surface area contributed by atoms with E-state index >= 15 is 0 Å². The quantitative estimate of drug-likeness (QED) is 0.269. The molecule has 5 rings (SSSR count). The molecule has 0 atom stereocenters. The van der Waals surface area contributed by atoms with Gasteiger partial charge in [-0.15, -0.1) is 0 Å². The third-order valence-electron chi connectivity index (χ3n) is 6.19. The monoisotopic (exact) mass is 516 g/mol. The third kappa shape index (κ3) is 5.29. The van der Waals surface area contributed by atoms with Crippen molar-refractivity contribution in [2.24, 2.45) is 0 Å². The van der Waals surface area contributed by atoms with E-state index in [1.807, 2.05) is 24.3 Å². The average molecular weight is 517 g/mol. The number of carbonyl (C=O) groups excluding carboxylic acids is 2. The highest BCUT2D eigenvalue weighted by Crippen LogP contribution is 2.42. The number of aromatic nitrogens is 2.